The van der Waals surface area contributed by atoms with Crippen LogP contribution in [0.4, 0.5) is 5.69 Å². The van der Waals surface area contributed by atoms with Crippen molar-refractivity contribution in [1.29, 1.82) is 5.26 Å². The minimum atomic E-state index is -1.90. The van der Waals surface area contributed by atoms with Gasteiger partial charge in [0, 0.05) is 30.8 Å². The Morgan fingerprint density at radius 2 is 1.74 bits per heavy atom. The number of hydrogen-bond acceptors (Lipinski definition) is 5. The molecule has 2 aromatic rings. The van der Waals surface area contributed by atoms with Gasteiger partial charge in [-0.2, -0.15) is 5.26 Å². The monoisotopic (exact) mass is 455 g/mol. The van der Waals surface area contributed by atoms with E-state index in [1.807, 2.05) is 18.2 Å². The molecule has 166 valence electrons. The summed E-state index contributed by atoms with van der Waals surface area (Å²) in [5.74, 6) is 0. The van der Waals surface area contributed by atoms with E-state index in [9.17, 15) is 15.4 Å². The molecule has 1 unspecified atom stereocenters. The van der Waals surface area contributed by atoms with Gasteiger partial charge in [-0.1, -0.05) is 50.0 Å². The van der Waals surface area contributed by atoms with Gasteiger partial charge in [-0.15, -0.1) is 0 Å². The minimum Gasteiger partial charge on any atom is -0.416 e. The van der Waals surface area contributed by atoms with E-state index in [0.29, 0.717) is 24.3 Å². The molecule has 0 aromatic heterocycles. The maximum absolute atomic E-state index is 11.7. The molecule has 0 aliphatic heterocycles. The molecule has 0 heterocycles. The maximum atomic E-state index is 11.7. The standard InChI is InChI=1S/C23H33N3O3Si2/c1-30(2,3)25(17-21-14-20(16-24)12-13-23(21)26(27)28)22(18-29-31(4,5)6)15-19-10-8-7-9-11-19/h7-14,22H,15,17-18H2,1-6H3. The third-order valence-electron chi connectivity index (χ3n) is 5.07. The Balaban J connectivity index is 2.46. The van der Waals surface area contributed by atoms with Gasteiger partial charge < -0.3 is 8.99 Å². The zero-order chi connectivity index (χ0) is 23.2. The van der Waals surface area contributed by atoms with Crippen LogP contribution in [-0.2, 0) is 17.4 Å². The molecular formula is C23H33N3O3Si2. The predicted molar refractivity (Wildman–Crippen MR) is 130 cm³/mol. The SMILES string of the molecule is C[Si](C)(C)OCC(Cc1ccccc1)N(Cc1cc(C#N)ccc1[N+](=O)[O-])[Si](C)(C)C. The van der Waals surface area contributed by atoms with E-state index in [0.717, 1.165) is 6.42 Å². The summed E-state index contributed by atoms with van der Waals surface area (Å²) in [4.78, 5) is 11.3. The highest BCUT2D eigenvalue weighted by Crippen LogP contribution is 2.27. The molecule has 0 saturated heterocycles. The van der Waals surface area contributed by atoms with Gasteiger partial charge in [-0.25, -0.2) is 0 Å². The lowest BCUT2D eigenvalue weighted by Gasteiger charge is -2.41. The normalized spacial score (nSPS) is 13.1. The lowest BCUT2D eigenvalue weighted by molar-refractivity contribution is -0.385. The van der Waals surface area contributed by atoms with Crippen molar-refractivity contribution in [2.24, 2.45) is 0 Å². The highest BCUT2D eigenvalue weighted by molar-refractivity contribution is 6.73. The van der Waals surface area contributed by atoms with Crippen LogP contribution in [0, 0.1) is 21.4 Å². The van der Waals surface area contributed by atoms with Crippen LogP contribution in [0.25, 0.3) is 0 Å². The molecule has 0 N–H and O–H groups in total. The molecule has 0 amide bonds. The summed E-state index contributed by atoms with van der Waals surface area (Å²) in [6, 6.07) is 17.1. The van der Waals surface area contributed by atoms with Crippen LogP contribution < -0.4 is 0 Å². The predicted octanol–water partition coefficient (Wildman–Crippen LogP) is 5.57. The van der Waals surface area contributed by atoms with E-state index >= 15 is 0 Å². The van der Waals surface area contributed by atoms with Gasteiger partial charge in [-0.05, 0) is 43.8 Å². The summed E-state index contributed by atoms with van der Waals surface area (Å²) in [6.45, 7) is 14.3. The molecule has 0 aliphatic rings. The molecule has 2 aromatic carbocycles. The van der Waals surface area contributed by atoms with Crippen LogP contribution in [0.2, 0.25) is 39.3 Å². The average molecular weight is 456 g/mol. The van der Waals surface area contributed by atoms with E-state index < -0.39 is 16.6 Å². The Morgan fingerprint density at radius 1 is 1.10 bits per heavy atom. The first-order valence-electron chi connectivity index (χ1n) is 10.5. The van der Waals surface area contributed by atoms with Crippen LogP contribution in [-0.4, -0.2) is 38.7 Å². The van der Waals surface area contributed by atoms with Crippen molar-refractivity contribution in [3.8, 4) is 6.07 Å². The molecule has 0 bridgehead atoms. The van der Waals surface area contributed by atoms with Crippen molar-refractivity contribution in [2.45, 2.75) is 58.3 Å². The van der Waals surface area contributed by atoms with Crippen LogP contribution in [0.3, 0.4) is 0 Å². The molecule has 0 radical (unpaired) electrons. The van der Waals surface area contributed by atoms with Gasteiger partial charge in [-0.3, -0.25) is 10.1 Å². The highest BCUT2D eigenvalue weighted by Gasteiger charge is 2.33. The van der Waals surface area contributed by atoms with E-state index in [4.69, 9.17) is 4.43 Å². The molecule has 1 atom stereocenters. The van der Waals surface area contributed by atoms with Crippen LogP contribution in [0.5, 0.6) is 0 Å². The van der Waals surface area contributed by atoms with Crippen LogP contribution >= 0.6 is 0 Å². The Labute approximate surface area is 187 Å². The van der Waals surface area contributed by atoms with Gasteiger partial charge in [0.15, 0.2) is 8.32 Å². The van der Waals surface area contributed by atoms with E-state index in [1.54, 1.807) is 6.07 Å². The molecule has 0 spiro atoms. The van der Waals surface area contributed by atoms with E-state index in [2.05, 4.69) is 62.0 Å². The van der Waals surface area contributed by atoms with Crippen molar-refractivity contribution in [3.63, 3.8) is 0 Å². The number of nitro benzene ring substituents is 1. The summed E-state index contributed by atoms with van der Waals surface area (Å²) in [6.07, 6.45) is 0.807. The van der Waals surface area contributed by atoms with E-state index in [-0.39, 0.29) is 16.7 Å². The summed E-state index contributed by atoms with van der Waals surface area (Å²) in [5.41, 5.74) is 2.30. The average Bonchev–Trinajstić information content (AvgIpc) is 2.68. The van der Waals surface area contributed by atoms with Crippen molar-refractivity contribution < 1.29 is 9.35 Å². The lowest BCUT2D eigenvalue weighted by atomic mass is 10.0. The van der Waals surface area contributed by atoms with Crippen molar-refractivity contribution >= 4 is 22.2 Å². The Morgan fingerprint density at radius 3 is 2.26 bits per heavy atom. The molecule has 0 fully saturated rings. The number of nitro groups is 1. The summed E-state index contributed by atoms with van der Waals surface area (Å²) in [7, 11) is -3.64. The fourth-order valence-electron chi connectivity index (χ4n) is 3.55. The number of hydrogen-bond donors (Lipinski definition) is 0. The quantitative estimate of drug-likeness (QED) is 0.266. The number of rotatable bonds is 10. The van der Waals surface area contributed by atoms with Gasteiger partial charge in [0.05, 0.1) is 16.6 Å². The molecular weight excluding hydrogens is 422 g/mol. The second-order valence-electron chi connectivity index (χ2n) is 9.78. The Hall–Kier alpha value is -2.32. The van der Waals surface area contributed by atoms with Crippen LogP contribution in [0.15, 0.2) is 48.5 Å². The fourth-order valence-corrected chi connectivity index (χ4v) is 6.15. The first kappa shape index (κ1) is 24.9. The highest BCUT2D eigenvalue weighted by atomic mass is 28.4. The zero-order valence-corrected chi connectivity index (χ0v) is 21.4. The number of nitriles is 1. The second-order valence-corrected chi connectivity index (χ2v) is 19.2. The van der Waals surface area contributed by atoms with Gasteiger partial charge in [0.2, 0.25) is 0 Å². The van der Waals surface area contributed by atoms with Crippen LogP contribution in [0.1, 0.15) is 16.7 Å². The third-order valence-corrected chi connectivity index (χ3v) is 8.35. The molecule has 0 saturated carbocycles. The van der Waals surface area contributed by atoms with Crippen molar-refractivity contribution in [2.75, 3.05) is 6.61 Å². The first-order valence-corrected chi connectivity index (χ1v) is 17.4. The lowest BCUT2D eigenvalue weighted by Crippen LogP contribution is -2.54. The van der Waals surface area contributed by atoms with Gasteiger partial charge in [0.25, 0.3) is 5.69 Å². The maximum Gasteiger partial charge on any atom is 0.273 e. The summed E-state index contributed by atoms with van der Waals surface area (Å²) >= 11 is 0. The number of benzene rings is 2. The first-order chi connectivity index (χ1) is 14.4. The molecule has 8 heteroatoms. The molecule has 2 rings (SSSR count). The smallest absolute Gasteiger partial charge is 0.273 e. The number of nitrogens with zero attached hydrogens (tertiary/aromatic N) is 3. The third kappa shape index (κ3) is 7.71. The largest absolute Gasteiger partial charge is 0.416 e. The van der Waals surface area contributed by atoms with Crippen molar-refractivity contribution in [3.05, 3.63) is 75.3 Å². The Bertz CT molecular complexity index is 932. The summed E-state index contributed by atoms with van der Waals surface area (Å²) in [5, 5.41) is 21.0. The topological polar surface area (TPSA) is 79.4 Å². The molecule has 0 aliphatic carbocycles. The van der Waals surface area contributed by atoms with Gasteiger partial charge in [0.1, 0.15) is 8.24 Å². The second kappa shape index (κ2) is 10.3. The zero-order valence-electron chi connectivity index (χ0n) is 19.4. The minimum absolute atomic E-state index is 0.0619. The van der Waals surface area contributed by atoms with Crippen molar-refractivity contribution in [1.82, 2.24) is 4.57 Å². The van der Waals surface area contributed by atoms with Gasteiger partial charge >= 0.3 is 0 Å². The molecule has 6 nitrogen and oxygen atoms in total. The fraction of sp³-hybridized carbons (Fsp3) is 0.435. The molecule has 31 heavy (non-hydrogen) atoms. The van der Waals surface area contributed by atoms with E-state index in [1.165, 1.54) is 17.7 Å². The Kier molecular flexibility index (Phi) is 8.31. The summed E-state index contributed by atoms with van der Waals surface area (Å²) < 4.78 is 8.74.